The molecule has 1 N–H and O–H groups in total. The number of rotatable bonds is 7. The van der Waals surface area contributed by atoms with Crippen molar-refractivity contribution in [3.8, 4) is 11.5 Å². The van der Waals surface area contributed by atoms with Gasteiger partial charge in [-0.05, 0) is 68.3 Å². The summed E-state index contributed by atoms with van der Waals surface area (Å²) < 4.78 is 38.8. The summed E-state index contributed by atoms with van der Waals surface area (Å²) in [5.41, 5.74) is 0. The SMILES string of the molecule is COc1ccc(S(=O)(=O)N2CCC(NC(=O)C(C)Oc3ccc(Br)cc3)CC2)cc1. The zero-order valence-corrected chi connectivity index (χ0v) is 19.3. The van der Waals surface area contributed by atoms with Gasteiger partial charge in [-0.3, -0.25) is 4.79 Å². The molecule has 1 saturated heterocycles. The number of piperidine rings is 1. The maximum Gasteiger partial charge on any atom is 0.260 e. The molecule has 1 unspecified atom stereocenters. The Balaban J connectivity index is 1.51. The van der Waals surface area contributed by atoms with E-state index in [0.29, 0.717) is 37.4 Å². The molecule has 7 nitrogen and oxygen atoms in total. The van der Waals surface area contributed by atoms with Crippen LogP contribution in [0.25, 0.3) is 0 Å². The molecule has 2 aromatic carbocycles. The predicted molar refractivity (Wildman–Crippen MR) is 117 cm³/mol. The molecule has 9 heteroatoms. The predicted octanol–water partition coefficient (Wildman–Crippen LogP) is 3.19. The fourth-order valence-electron chi connectivity index (χ4n) is 3.23. The minimum absolute atomic E-state index is 0.0872. The van der Waals surface area contributed by atoms with Gasteiger partial charge < -0.3 is 14.8 Å². The first-order chi connectivity index (χ1) is 14.3. The molecule has 3 rings (SSSR count). The molecular formula is C21H25BrN2O5S. The summed E-state index contributed by atoms with van der Waals surface area (Å²) in [4.78, 5) is 12.7. The van der Waals surface area contributed by atoms with Gasteiger partial charge in [0.15, 0.2) is 6.10 Å². The van der Waals surface area contributed by atoms with E-state index >= 15 is 0 Å². The van der Waals surface area contributed by atoms with E-state index in [4.69, 9.17) is 9.47 Å². The Labute approximate surface area is 185 Å². The molecule has 162 valence electrons. The third-order valence-corrected chi connectivity index (χ3v) is 7.43. The highest BCUT2D eigenvalue weighted by molar-refractivity contribution is 9.10. The summed E-state index contributed by atoms with van der Waals surface area (Å²) in [5.74, 6) is 1.01. The van der Waals surface area contributed by atoms with Crippen LogP contribution < -0.4 is 14.8 Å². The van der Waals surface area contributed by atoms with Gasteiger partial charge >= 0.3 is 0 Å². The highest BCUT2D eigenvalue weighted by Gasteiger charge is 2.30. The second-order valence-corrected chi connectivity index (χ2v) is 9.93. The summed E-state index contributed by atoms with van der Waals surface area (Å²) in [6, 6.07) is 13.5. The Kier molecular flexibility index (Phi) is 7.38. The van der Waals surface area contributed by atoms with E-state index in [9.17, 15) is 13.2 Å². The monoisotopic (exact) mass is 496 g/mol. The van der Waals surface area contributed by atoms with Gasteiger partial charge in [0.05, 0.1) is 12.0 Å². The number of hydrogen-bond acceptors (Lipinski definition) is 5. The van der Waals surface area contributed by atoms with E-state index in [0.717, 1.165) is 4.47 Å². The largest absolute Gasteiger partial charge is 0.497 e. The average Bonchev–Trinajstić information content (AvgIpc) is 2.75. The van der Waals surface area contributed by atoms with Crippen LogP contribution in [-0.2, 0) is 14.8 Å². The van der Waals surface area contributed by atoms with Crippen LogP contribution in [0.15, 0.2) is 57.9 Å². The van der Waals surface area contributed by atoms with Crippen molar-refractivity contribution in [2.75, 3.05) is 20.2 Å². The van der Waals surface area contributed by atoms with Crippen LogP contribution in [-0.4, -0.2) is 51.0 Å². The van der Waals surface area contributed by atoms with Crippen LogP contribution in [0.2, 0.25) is 0 Å². The summed E-state index contributed by atoms with van der Waals surface area (Å²) in [6.45, 7) is 2.39. The first kappa shape index (κ1) is 22.6. The molecule has 0 saturated carbocycles. The smallest absolute Gasteiger partial charge is 0.260 e. The lowest BCUT2D eigenvalue weighted by molar-refractivity contribution is -0.128. The third kappa shape index (κ3) is 5.53. The number of carbonyl (C=O) groups is 1. The Hall–Kier alpha value is -2.10. The quantitative estimate of drug-likeness (QED) is 0.635. The van der Waals surface area contributed by atoms with Crippen LogP contribution in [0.3, 0.4) is 0 Å². The molecule has 1 amide bonds. The number of halogens is 1. The van der Waals surface area contributed by atoms with E-state index in [1.54, 1.807) is 43.3 Å². The minimum atomic E-state index is -3.56. The molecule has 1 aliphatic heterocycles. The number of ether oxygens (including phenoxy) is 2. The van der Waals surface area contributed by atoms with E-state index in [2.05, 4.69) is 21.2 Å². The van der Waals surface area contributed by atoms with E-state index < -0.39 is 16.1 Å². The Morgan fingerprint density at radius 3 is 2.20 bits per heavy atom. The fraction of sp³-hybridized carbons (Fsp3) is 0.381. The highest BCUT2D eigenvalue weighted by atomic mass is 79.9. The van der Waals surface area contributed by atoms with Crippen molar-refractivity contribution < 1.29 is 22.7 Å². The molecule has 30 heavy (non-hydrogen) atoms. The topological polar surface area (TPSA) is 84.9 Å². The maximum atomic E-state index is 12.8. The molecule has 1 heterocycles. The molecule has 0 spiro atoms. The number of nitrogens with zero attached hydrogens (tertiary/aromatic N) is 1. The van der Waals surface area contributed by atoms with Gasteiger partial charge in [0.2, 0.25) is 10.0 Å². The summed E-state index contributed by atoms with van der Waals surface area (Å²) in [6.07, 6.45) is 0.449. The van der Waals surface area contributed by atoms with Crippen molar-refractivity contribution in [3.63, 3.8) is 0 Å². The van der Waals surface area contributed by atoms with Crippen LogP contribution in [0.4, 0.5) is 0 Å². The molecule has 2 aromatic rings. The first-order valence-electron chi connectivity index (χ1n) is 9.66. The van der Waals surface area contributed by atoms with Gasteiger partial charge in [-0.2, -0.15) is 4.31 Å². The van der Waals surface area contributed by atoms with E-state index in [1.807, 2.05) is 12.1 Å². The third-order valence-electron chi connectivity index (χ3n) is 4.99. The summed E-state index contributed by atoms with van der Waals surface area (Å²) >= 11 is 3.36. The average molecular weight is 497 g/mol. The van der Waals surface area contributed by atoms with Crippen molar-refractivity contribution in [3.05, 3.63) is 53.0 Å². The number of amides is 1. The van der Waals surface area contributed by atoms with Gasteiger partial charge in [0, 0.05) is 23.6 Å². The molecule has 0 radical (unpaired) electrons. The van der Waals surface area contributed by atoms with Gasteiger partial charge in [-0.25, -0.2) is 8.42 Å². The Morgan fingerprint density at radius 1 is 1.07 bits per heavy atom. The molecule has 1 fully saturated rings. The lowest BCUT2D eigenvalue weighted by Crippen LogP contribution is -2.49. The minimum Gasteiger partial charge on any atom is -0.497 e. The highest BCUT2D eigenvalue weighted by Crippen LogP contribution is 2.23. The van der Waals surface area contributed by atoms with E-state index in [-0.39, 0.29) is 16.8 Å². The van der Waals surface area contributed by atoms with Crippen molar-refractivity contribution >= 4 is 31.9 Å². The van der Waals surface area contributed by atoms with Gasteiger partial charge in [0.25, 0.3) is 5.91 Å². The maximum absolute atomic E-state index is 12.8. The normalized spacial score (nSPS) is 16.6. The van der Waals surface area contributed by atoms with Crippen LogP contribution in [0.5, 0.6) is 11.5 Å². The Bertz CT molecular complexity index is 956. The van der Waals surface area contributed by atoms with Gasteiger partial charge in [-0.15, -0.1) is 0 Å². The molecule has 0 aromatic heterocycles. The number of nitrogens with one attached hydrogen (secondary N) is 1. The van der Waals surface area contributed by atoms with Gasteiger partial charge in [-0.1, -0.05) is 15.9 Å². The molecule has 1 aliphatic rings. The van der Waals surface area contributed by atoms with Crippen LogP contribution >= 0.6 is 15.9 Å². The molecule has 0 aliphatic carbocycles. The first-order valence-corrected chi connectivity index (χ1v) is 11.9. The standard InChI is InChI=1S/C21H25BrN2O5S/c1-15(29-19-5-3-16(22)4-6-19)21(25)23-17-11-13-24(14-12-17)30(26,27)20-9-7-18(28-2)8-10-20/h3-10,15,17H,11-14H2,1-2H3,(H,23,25). The van der Waals surface area contributed by atoms with Gasteiger partial charge in [0.1, 0.15) is 11.5 Å². The van der Waals surface area contributed by atoms with Crippen LogP contribution in [0, 0.1) is 0 Å². The second kappa shape index (κ2) is 9.80. The lowest BCUT2D eigenvalue weighted by atomic mass is 10.1. The molecule has 1 atom stereocenters. The fourth-order valence-corrected chi connectivity index (χ4v) is 4.96. The lowest BCUT2D eigenvalue weighted by Gasteiger charge is -2.32. The zero-order valence-electron chi connectivity index (χ0n) is 16.9. The van der Waals surface area contributed by atoms with Crippen molar-refractivity contribution in [1.29, 1.82) is 0 Å². The molecule has 0 bridgehead atoms. The van der Waals surface area contributed by atoms with Crippen LogP contribution in [0.1, 0.15) is 19.8 Å². The summed E-state index contributed by atoms with van der Waals surface area (Å²) in [5, 5.41) is 2.97. The number of sulfonamides is 1. The van der Waals surface area contributed by atoms with Crippen molar-refractivity contribution in [2.45, 2.75) is 36.8 Å². The second-order valence-electron chi connectivity index (χ2n) is 7.08. The van der Waals surface area contributed by atoms with E-state index in [1.165, 1.54) is 11.4 Å². The zero-order chi connectivity index (χ0) is 21.7. The molecular weight excluding hydrogens is 472 g/mol. The summed E-state index contributed by atoms with van der Waals surface area (Å²) in [7, 11) is -2.03. The number of hydrogen-bond donors (Lipinski definition) is 1. The van der Waals surface area contributed by atoms with Crippen molar-refractivity contribution in [2.24, 2.45) is 0 Å². The number of benzene rings is 2. The number of carbonyl (C=O) groups excluding carboxylic acids is 1. The Morgan fingerprint density at radius 2 is 1.63 bits per heavy atom. The van der Waals surface area contributed by atoms with Crippen molar-refractivity contribution in [1.82, 2.24) is 9.62 Å². The number of methoxy groups -OCH3 is 1.